The minimum absolute atomic E-state index is 0.217. The van der Waals surface area contributed by atoms with Crippen LogP contribution in [-0.2, 0) is 29.7 Å². The molecule has 1 fully saturated rings. The van der Waals surface area contributed by atoms with Gasteiger partial charge in [0.2, 0.25) is 0 Å². The van der Waals surface area contributed by atoms with E-state index in [2.05, 4.69) is 11.3 Å². The predicted octanol–water partition coefficient (Wildman–Crippen LogP) is 1.34. The second-order valence-electron chi connectivity index (χ2n) is 6.32. The van der Waals surface area contributed by atoms with Gasteiger partial charge in [0.05, 0.1) is 18.4 Å². The number of allylic oxidation sites excluding steroid dienone is 1. The first-order chi connectivity index (χ1) is 13.8. The van der Waals surface area contributed by atoms with Crippen LogP contribution in [0.1, 0.15) is 12.8 Å². The van der Waals surface area contributed by atoms with Crippen LogP contribution in [0.15, 0.2) is 24.5 Å². The minimum Gasteiger partial charge on any atom is -0.431 e. The van der Waals surface area contributed by atoms with Crippen molar-refractivity contribution < 1.29 is 62.4 Å². The number of halogens is 6. The molecule has 1 heterocycles. The normalized spacial score (nSPS) is 18.3. The van der Waals surface area contributed by atoms with Gasteiger partial charge in [-0.05, 0) is 24.8 Å². The van der Waals surface area contributed by atoms with E-state index in [1.54, 1.807) is 0 Å². The Hall–Kier alpha value is -1.69. The van der Waals surface area contributed by atoms with E-state index in [9.17, 15) is 48.0 Å². The fourth-order valence-electron chi connectivity index (χ4n) is 2.32. The van der Waals surface area contributed by atoms with E-state index < -0.39 is 68.2 Å². The SMILES string of the molecule is C=C(CO)C(=O)O/C=C\C1CCN(S(=O)(=O)C(F)(F)C(F)(F)C(F)(F)S(=O)(=O)O)CC1. The van der Waals surface area contributed by atoms with Gasteiger partial charge in [0.15, 0.2) is 0 Å². The highest BCUT2D eigenvalue weighted by atomic mass is 32.2. The number of alkyl halides is 6. The Bertz CT molecular complexity index is 940. The van der Waals surface area contributed by atoms with Gasteiger partial charge < -0.3 is 9.84 Å². The number of aliphatic hydroxyl groups is 1. The summed E-state index contributed by atoms with van der Waals surface area (Å²) in [7, 11) is -13.6. The summed E-state index contributed by atoms with van der Waals surface area (Å²) >= 11 is 0. The Morgan fingerprint density at radius 3 is 1.97 bits per heavy atom. The third-order valence-corrected chi connectivity index (χ3v) is 7.08. The van der Waals surface area contributed by atoms with Gasteiger partial charge in [-0.15, -0.1) is 0 Å². The summed E-state index contributed by atoms with van der Waals surface area (Å²) < 4.78 is 139. The van der Waals surface area contributed by atoms with Crippen LogP contribution in [0.3, 0.4) is 0 Å². The topological polar surface area (TPSA) is 138 Å². The van der Waals surface area contributed by atoms with Crippen LogP contribution in [0.2, 0.25) is 0 Å². The molecule has 0 bridgehead atoms. The Labute approximate surface area is 172 Å². The van der Waals surface area contributed by atoms with Crippen LogP contribution in [0.25, 0.3) is 0 Å². The molecule has 0 atom stereocenters. The fourth-order valence-corrected chi connectivity index (χ4v) is 4.31. The van der Waals surface area contributed by atoms with E-state index in [4.69, 9.17) is 9.66 Å². The zero-order chi connectivity index (χ0) is 24.5. The summed E-state index contributed by atoms with van der Waals surface area (Å²) in [6.07, 6.45) is 1.52. The number of piperidine rings is 1. The third kappa shape index (κ3) is 5.05. The van der Waals surface area contributed by atoms with Gasteiger partial charge in [0.1, 0.15) is 0 Å². The lowest BCUT2D eigenvalue weighted by Gasteiger charge is -2.36. The maximum absolute atomic E-state index is 14.0. The molecule has 0 aromatic heterocycles. The summed E-state index contributed by atoms with van der Waals surface area (Å²) in [5, 5.41) is -4.69. The van der Waals surface area contributed by atoms with Crippen molar-refractivity contribution in [3.63, 3.8) is 0 Å². The summed E-state index contributed by atoms with van der Waals surface area (Å²) in [5.74, 6) is -8.57. The summed E-state index contributed by atoms with van der Waals surface area (Å²) in [4.78, 5) is 11.3. The quantitative estimate of drug-likeness (QED) is 0.157. The first kappa shape index (κ1) is 27.3. The van der Waals surface area contributed by atoms with Gasteiger partial charge in [-0.25, -0.2) is 13.2 Å². The van der Waals surface area contributed by atoms with Gasteiger partial charge in [-0.3, -0.25) is 4.55 Å². The van der Waals surface area contributed by atoms with Crippen LogP contribution in [0.5, 0.6) is 0 Å². The van der Waals surface area contributed by atoms with Crippen molar-refractivity contribution >= 4 is 26.1 Å². The van der Waals surface area contributed by atoms with Gasteiger partial charge >= 0.3 is 32.5 Å². The first-order valence-electron chi connectivity index (χ1n) is 8.11. The smallest absolute Gasteiger partial charge is 0.431 e. The van der Waals surface area contributed by atoms with Crippen LogP contribution in [-0.4, -0.2) is 72.9 Å². The number of esters is 1. The second kappa shape index (κ2) is 9.05. The maximum atomic E-state index is 14.0. The Balaban J connectivity index is 2.95. The summed E-state index contributed by atoms with van der Waals surface area (Å²) in [5.41, 5.74) is -0.282. The van der Waals surface area contributed by atoms with Crippen molar-refractivity contribution in [1.82, 2.24) is 4.31 Å². The second-order valence-corrected chi connectivity index (χ2v) is 9.76. The molecule has 0 saturated carbocycles. The average Bonchev–Trinajstić information content (AvgIpc) is 2.66. The fraction of sp³-hybridized carbons (Fsp3) is 0.643. The highest BCUT2D eigenvalue weighted by molar-refractivity contribution is 7.90. The first-order valence-corrected chi connectivity index (χ1v) is 11.0. The van der Waals surface area contributed by atoms with Gasteiger partial charge in [0, 0.05) is 13.1 Å². The number of aliphatic hydroxyl groups excluding tert-OH is 1. The van der Waals surface area contributed by atoms with Crippen LogP contribution in [0, 0.1) is 5.92 Å². The Morgan fingerprint density at radius 1 is 1.06 bits per heavy atom. The number of carbonyl (C=O) groups excluding carboxylic acids is 1. The molecule has 2 N–H and O–H groups in total. The van der Waals surface area contributed by atoms with Gasteiger partial charge in [-0.2, -0.15) is 39.1 Å². The van der Waals surface area contributed by atoms with Crippen molar-refractivity contribution in [2.45, 2.75) is 29.3 Å². The van der Waals surface area contributed by atoms with Crippen LogP contribution >= 0.6 is 0 Å². The monoisotopic (exact) mass is 505 g/mol. The molecular formula is C14H17F6NO8S2. The van der Waals surface area contributed by atoms with Crippen molar-refractivity contribution in [2.75, 3.05) is 19.7 Å². The maximum Gasteiger partial charge on any atom is 0.439 e. The molecule has 1 saturated heterocycles. The van der Waals surface area contributed by atoms with E-state index in [0.717, 1.165) is 6.26 Å². The molecule has 17 heteroatoms. The van der Waals surface area contributed by atoms with Crippen molar-refractivity contribution in [2.24, 2.45) is 5.92 Å². The van der Waals surface area contributed by atoms with Gasteiger partial charge in [-0.1, -0.05) is 6.58 Å². The molecule has 0 radical (unpaired) electrons. The molecule has 1 aliphatic heterocycles. The van der Waals surface area contributed by atoms with Crippen molar-refractivity contribution in [1.29, 1.82) is 0 Å². The number of sulfonamides is 1. The predicted molar refractivity (Wildman–Crippen MR) is 91.1 cm³/mol. The van der Waals surface area contributed by atoms with E-state index in [0.29, 0.717) is 0 Å². The molecule has 1 aliphatic rings. The van der Waals surface area contributed by atoms with E-state index in [-0.39, 0.29) is 22.7 Å². The Kier molecular flexibility index (Phi) is 7.98. The van der Waals surface area contributed by atoms with E-state index in [1.165, 1.54) is 6.08 Å². The third-order valence-electron chi connectivity index (χ3n) is 4.22. The number of ether oxygens (including phenoxy) is 1. The highest BCUT2D eigenvalue weighted by Crippen LogP contribution is 2.51. The van der Waals surface area contributed by atoms with E-state index >= 15 is 0 Å². The van der Waals surface area contributed by atoms with Crippen molar-refractivity contribution in [3.8, 4) is 0 Å². The minimum atomic E-state index is -7.09. The molecule has 180 valence electrons. The molecule has 0 unspecified atom stereocenters. The number of hydrogen-bond acceptors (Lipinski definition) is 7. The molecule has 0 spiro atoms. The standard InChI is InChI=1S/C14H17F6NO8S2/c1-9(8-22)11(23)29-7-4-10-2-5-21(6-3-10)30(24,25)13(17,18)12(15,16)14(19,20)31(26,27)28/h4,7,10,22H,1-3,5-6,8H2,(H,26,27,28)/b7-4-. The molecule has 1 rings (SSSR count). The zero-order valence-corrected chi connectivity index (χ0v) is 17.0. The lowest BCUT2D eigenvalue weighted by atomic mass is 9.98. The average molecular weight is 505 g/mol. The van der Waals surface area contributed by atoms with Crippen LogP contribution in [0.4, 0.5) is 26.3 Å². The van der Waals surface area contributed by atoms with Gasteiger partial charge in [0.25, 0.3) is 10.0 Å². The molecule has 0 aromatic carbocycles. The lowest BCUT2D eigenvalue weighted by Crippen LogP contribution is -2.63. The van der Waals surface area contributed by atoms with Crippen LogP contribution < -0.4 is 0 Å². The Morgan fingerprint density at radius 2 is 1.55 bits per heavy atom. The summed E-state index contributed by atoms with van der Waals surface area (Å²) in [6, 6.07) is 0. The summed E-state index contributed by atoms with van der Waals surface area (Å²) in [6.45, 7) is 0.827. The number of hydrogen-bond donors (Lipinski definition) is 2. The lowest BCUT2D eigenvalue weighted by molar-refractivity contribution is -0.246. The molecule has 0 aromatic rings. The molecule has 0 aliphatic carbocycles. The number of carbonyl (C=O) groups is 1. The largest absolute Gasteiger partial charge is 0.439 e. The van der Waals surface area contributed by atoms with Crippen molar-refractivity contribution in [3.05, 3.63) is 24.5 Å². The highest BCUT2D eigenvalue weighted by Gasteiger charge is 2.82. The molecule has 9 nitrogen and oxygen atoms in total. The zero-order valence-electron chi connectivity index (χ0n) is 15.4. The molecule has 31 heavy (non-hydrogen) atoms. The van der Waals surface area contributed by atoms with E-state index in [1.807, 2.05) is 0 Å². The number of rotatable bonds is 9. The molecule has 0 amide bonds. The number of nitrogens with zero attached hydrogens (tertiary/aromatic N) is 1. The molecular weight excluding hydrogens is 488 g/mol.